The summed E-state index contributed by atoms with van der Waals surface area (Å²) in [6.45, 7) is 5.59. The molecule has 0 aliphatic rings. The van der Waals surface area contributed by atoms with Crippen molar-refractivity contribution < 1.29 is 19.5 Å². The van der Waals surface area contributed by atoms with E-state index < -0.39 is 0 Å². The number of Topliss-reactive ketones (excluding diaryl/α,β-unsaturated/α-hetero) is 1. The molecule has 0 amide bonds. The normalized spacial score (nSPS) is 11.8. The summed E-state index contributed by atoms with van der Waals surface area (Å²) in [6.07, 6.45) is 0. The van der Waals surface area contributed by atoms with Gasteiger partial charge >= 0.3 is 0 Å². The summed E-state index contributed by atoms with van der Waals surface area (Å²) >= 11 is 0. The van der Waals surface area contributed by atoms with Gasteiger partial charge in [0.25, 0.3) is 5.55 Å². The van der Waals surface area contributed by atoms with Gasteiger partial charge in [-0.1, -0.05) is 0 Å². The van der Waals surface area contributed by atoms with Gasteiger partial charge in [0.05, 0.1) is 5.56 Å². The van der Waals surface area contributed by atoms with Crippen molar-refractivity contribution in [2.24, 2.45) is 5.16 Å². The highest BCUT2D eigenvalue weighted by Gasteiger charge is 2.17. The van der Waals surface area contributed by atoms with Crippen LogP contribution in [0.5, 0.6) is 5.75 Å². The van der Waals surface area contributed by atoms with Crippen molar-refractivity contribution in [1.82, 2.24) is 0 Å². The Labute approximate surface area is 115 Å². The van der Waals surface area contributed by atoms with E-state index in [1.807, 2.05) is 6.92 Å². The summed E-state index contributed by atoms with van der Waals surface area (Å²) in [7, 11) is 0. The molecule has 20 heavy (non-hydrogen) atoms. The van der Waals surface area contributed by atoms with Crippen LogP contribution in [0, 0.1) is 6.92 Å². The third-order valence-electron chi connectivity index (χ3n) is 3.12. The minimum absolute atomic E-state index is 0.0296. The van der Waals surface area contributed by atoms with Crippen LogP contribution in [0.4, 0.5) is 5.69 Å². The van der Waals surface area contributed by atoms with E-state index in [1.54, 1.807) is 13.0 Å². The van der Waals surface area contributed by atoms with Crippen LogP contribution in [0.15, 0.2) is 21.7 Å². The molecular weight excluding hydrogens is 260 g/mol. The van der Waals surface area contributed by atoms with Gasteiger partial charge in [0.15, 0.2) is 11.4 Å². The summed E-state index contributed by atoms with van der Waals surface area (Å²) in [5.41, 5.74) is 1.47. The number of hydrogen-bond acceptors (Lipinski definition) is 6. The number of rotatable bonds is 3. The lowest BCUT2D eigenvalue weighted by Crippen LogP contribution is -2.16. The number of carbonyl (C=O) groups excluding carboxylic acids is 1. The molecule has 1 aromatic carbocycles. The van der Waals surface area contributed by atoms with Gasteiger partial charge in [-0.2, -0.15) is 0 Å². The van der Waals surface area contributed by atoms with Crippen molar-refractivity contribution in [3.8, 4) is 5.75 Å². The maximum absolute atomic E-state index is 11.7. The number of benzene rings is 1. The van der Waals surface area contributed by atoms with E-state index in [1.165, 1.54) is 13.0 Å². The summed E-state index contributed by atoms with van der Waals surface area (Å²) in [5, 5.41) is 25.6. The number of anilines is 1. The average molecular weight is 276 g/mol. The Morgan fingerprint density at radius 2 is 2.15 bits per heavy atom. The molecule has 0 unspecified atom stereocenters. The molecule has 6 heteroatoms. The first kappa shape index (κ1) is 13.9. The smallest absolute Gasteiger partial charge is 0.266 e. The molecule has 0 radical (unpaired) electrons. The lowest BCUT2D eigenvalue weighted by Gasteiger charge is -2.12. The summed E-state index contributed by atoms with van der Waals surface area (Å²) in [5.74, 6) is -0.221. The van der Waals surface area contributed by atoms with Gasteiger partial charge in [-0.25, -0.2) is 0 Å². The van der Waals surface area contributed by atoms with Crippen LogP contribution in [0.1, 0.15) is 29.8 Å². The van der Waals surface area contributed by atoms with E-state index >= 15 is 0 Å². The van der Waals surface area contributed by atoms with Crippen LogP contribution in [0.2, 0.25) is 0 Å². The summed E-state index contributed by atoms with van der Waals surface area (Å²) in [6, 6.07) is 3.19. The van der Waals surface area contributed by atoms with Gasteiger partial charge in [-0.05, 0) is 43.6 Å². The van der Waals surface area contributed by atoms with Gasteiger partial charge < -0.3 is 20.0 Å². The van der Waals surface area contributed by atoms with Gasteiger partial charge in [-0.3, -0.25) is 4.79 Å². The summed E-state index contributed by atoms with van der Waals surface area (Å²) < 4.78 is 5.49. The number of phenolic OH excluding ortho intramolecular Hbond substituents is 1. The third-order valence-corrected chi connectivity index (χ3v) is 3.12. The molecule has 0 atom stereocenters. The van der Waals surface area contributed by atoms with Crippen LogP contribution >= 0.6 is 0 Å². The number of hydrogen-bond donors (Lipinski definition) is 3. The zero-order valence-corrected chi connectivity index (χ0v) is 11.5. The zero-order valence-electron chi connectivity index (χ0n) is 11.5. The van der Waals surface area contributed by atoms with Crippen molar-refractivity contribution in [2.45, 2.75) is 20.8 Å². The van der Waals surface area contributed by atoms with Crippen molar-refractivity contribution >= 4 is 22.4 Å². The Hall–Kier alpha value is -2.50. The molecule has 2 rings (SSSR count). The number of carbonyl (C=O) groups is 1. The van der Waals surface area contributed by atoms with Gasteiger partial charge in [0.1, 0.15) is 11.4 Å². The highest BCUT2D eigenvalue weighted by atomic mass is 16.5. The molecule has 2 aromatic rings. The lowest BCUT2D eigenvalue weighted by atomic mass is 10.0. The van der Waals surface area contributed by atoms with Crippen LogP contribution in [0.25, 0.3) is 11.0 Å². The fraction of sp³-hybridized carbons (Fsp3) is 0.286. The molecule has 3 N–H and O–H groups in total. The molecule has 0 spiro atoms. The van der Waals surface area contributed by atoms with E-state index in [9.17, 15) is 9.90 Å². The Morgan fingerprint density at radius 1 is 1.45 bits per heavy atom. The SMILES string of the molecule is CCNc1c(O)ccc2c(C)c(C(C)=O)c(=NO)oc12. The minimum atomic E-state index is -0.251. The third kappa shape index (κ3) is 2.09. The highest BCUT2D eigenvalue weighted by molar-refractivity contribution is 6.02. The molecule has 0 aliphatic carbocycles. The van der Waals surface area contributed by atoms with Gasteiger partial charge in [-0.15, -0.1) is 0 Å². The standard InChI is InChI=1S/C14H16N2O4/c1-4-15-12-10(18)6-5-9-7(2)11(8(3)17)14(16-19)20-13(9)12/h5-6,15,18-19H,4H2,1-3H3. The molecule has 0 fully saturated rings. The molecule has 0 saturated carbocycles. The van der Waals surface area contributed by atoms with Crippen molar-refractivity contribution in [2.75, 3.05) is 11.9 Å². The van der Waals surface area contributed by atoms with E-state index in [0.29, 0.717) is 28.8 Å². The second kappa shape index (κ2) is 5.24. The monoisotopic (exact) mass is 276 g/mol. The molecule has 106 valence electrons. The van der Waals surface area contributed by atoms with E-state index in [-0.39, 0.29) is 22.7 Å². The van der Waals surface area contributed by atoms with Crippen LogP contribution < -0.4 is 10.9 Å². The van der Waals surface area contributed by atoms with E-state index in [4.69, 9.17) is 9.62 Å². The zero-order chi connectivity index (χ0) is 14.9. The second-order valence-electron chi connectivity index (χ2n) is 4.43. The highest BCUT2D eigenvalue weighted by Crippen LogP contribution is 2.33. The molecule has 6 nitrogen and oxygen atoms in total. The molecule has 1 heterocycles. The maximum atomic E-state index is 11.7. The fourth-order valence-electron chi connectivity index (χ4n) is 2.25. The topological polar surface area (TPSA) is 95.1 Å². The van der Waals surface area contributed by atoms with Crippen LogP contribution in [-0.4, -0.2) is 22.6 Å². The molecular formula is C14H16N2O4. The molecule has 1 aromatic heterocycles. The predicted molar refractivity (Wildman–Crippen MR) is 74.1 cm³/mol. The first-order valence-corrected chi connectivity index (χ1v) is 6.23. The predicted octanol–water partition coefficient (Wildman–Crippen LogP) is 2.37. The number of nitrogens with one attached hydrogen (secondary N) is 1. The minimum Gasteiger partial charge on any atom is -0.506 e. The lowest BCUT2D eigenvalue weighted by molar-refractivity contribution is 0.101. The van der Waals surface area contributed by atoms with Crippen LogP contribution in [0.3, 0.4) is 0 Å². The Bertz CT molecular complexity index is 747. The molecule has 0 bridgehead atoms. The van der Waals surface area contributed by atoms with E-state index in [0.717, 1.165) is 0 Å². The van der Waals surface area contributed by atoms with Crippen molar-refractivity contribution in [3.05, 3.63) is 28.8 Å². The summed E-state index contributed by atoms with van der Waals surface area (Å²) in [4.78, 5) is 11.7. The Morgan fingerprint density at radius 3 is 2.70 bits per heavy atom. The molecule has 0 saturated heterocycles. The van der Waals surface area contributed by atoms with Gasteiger partial charge in [0.2, 0.25) is 0 Å². The van der Waals surface area contributed by atoms with Crippen LogP contribution in [-0.2, 0) is 0 Å². The second-order valence-corrected chi connectivity index (χ2v) is 4.43. The number of fused-ring (bicyclic) bond motifs is 1. The first-order valence-electron chi connectivity index (χ1n) is 6.23. The van der Waals surface area contributed by atoms with E-state index in [2.05, 4.69) is 10.5 Å². The number of ketones is 1. The number of nitrogens with zero attached hydrogens (tertiary/aromatic N) is 1. The first-order chi connectivity index (χ1) is 9.51. The number of phenols is 1. The maximum Gasteiger partial charge on any atom is 0.266 e. The average Bonchev–Trinajstić information content (AvgIpc) is 2.41. The van der Waals surface area contributed by atoms with Gasteiger partial charge in [0, 0.05) is 11.9 Å². The fourth-order valence-corrected chi connectivity index (χ4v) is 2.25. The van der Waals surface area contributed by atoms with Crippen molar-refractivity contribution in [3.63, 3.8) is 0 Å². The number of aromatic hydroxyl groups is 1. The largest absolute Gasteiger partial charge is 0.506 e. The molecule has 0 aliphatic heterocycles. The Kier molecular flexibility index (Phi) is 3.65. The van der Waals surface area contributed by atoms with Crippen molar-refractivity contribution in [1.29, 1.82) is 0 Å². The number of aryl methyl sites for hydroxylation is 1. The Balaban J connectivity index is 2.97. The quantitative estimate of drug-likeness (QED) is 0.346.